The van der Waals surface area contributed by atoms with Crippen molar-refractivity contribution in [3.05, 3.63) is 41.5 Å². The van der Waals surface area contributed by atoms with E-state index >= 15 is 0 Å². The van der Waals surface area contributed by atoms with Gasteiger partial charge in [-0.2, -0.15) is 0 Å². The van der Waals surface area contributed by atoms with Crippen LogP contribution in [0.1, 0.15) is 12.5 Å². The van der Waals surface area contributed by atoms with Crippen LogP contribution in [-0.4, -0.2) is 15.9 Å². The van der Waals surface area contributed by atoms with Gasteiger partial charge in [0, 0.05) is 23.6 Å². The zero-order valence-corrected chi connectivity index (χ0v) is 12.0. The first-order valence-corrected chi connectivity index (χ1v) is 7.10. The van der Waals surface area contributed by atoms with Gasteiger partial charge in [-0.1, -0.05) is 12.1 Å². The summed E-state index contributed by atoms with van der Waals surface area (Å²) in [6.07, 6.45) is 1.59. The second kappa shape index (κ2) is 5.02. The van der Waals surface area contributed by atoms with Crippen molar-refractivity contribution in [3.63, 3.8) is 0 Å². The van der Waals surface area contributed by atoms with E-state index in [1.807, 2.05) is 24.3 Å². The van der Waals surface area contributed by atoms with E-state index in [2.05, 4.69) is 27.6 Å². The van der Waals surface area contributed by atoms with E-state index < -0.39 is 0 Å². The Morgan fingerprint density at radius 3 is 2.65 bits per heavy atom. The van der Waals surface area contributed by atoms with E-state index in [4.69, 9.17) is 0 Å². The molecule has 0 radical (unpaired) electrons. The van der Waals surface area contributed by atoms with E-state index in [1.54, 1.807) is 17.7 Å². The van der Waals surface area contributed by atoms with Crippen LogP contribution in [0.2, 0.25) is 0 Å². The number of hydrogen-bond donors (Lipinski definition) is 1. The predicted molar refractivity (Wildman–Crippen MR) is 81.9 cm³/mol. The maximum absolute atomic E-state index is 11.0. The first-order valence-electron chi connectivity index (χ1n) is 6.22. The summed E-state index contributed by atoms with van der Waals surface area (Å²) < 4.78 is 0. The lowest BCUT2D eigenvalue weighted by atomic mass is 10.1. The molecule has 3 aromatic rings. The molecule has 0 saturated carbocycles. The molecule has 3 rings (SSSR count). The number of thiophene rings is 1. The van der Waals surface area contributed by atoms with Gasteiger partial charge >= 0.3 is 0 Å². The molecule has 1 amide bonds. The van der Waals surface area contributed by atoms with E-state index in [1.165, 1.54) is 12.5 Å². The zero-order valence-electron chi connectivity index (χ0n) is 11.2. The highest BCUT2D eigenvalue weighted by Gasteiger charge is 2.10. The quantitative estimate of drug-likeness (QED) is 0.781. The summed E-state index contributed by atoms with van der Waals surface area (Å²) in [7, 11) is 0. The summed E-state index contributed by atoms with van der Waals surface area (Å²) in [4.78, 5) is 20.7. The highest BCUT2D eigenvalue weighted by atomic mass is 32.1. The number of rotatable bonds is 2. The Balaban J connectivity index is 2.07. The predicted octanol–water partition coefficient (Wildman–Crippen LogP) is 3.63. The van der Waals surface area contributed by atoms with Crippen molar-refractivity contribution in [2.75, 3.05) is 5.32 Å². The molecule has 0 aliphatic rings. The molecule has 0 atom stereocenters. The van der Waals surface area contributed by atoms with Gasteiger partial charge in [-0.25, -0.2) is 9.97 Å². The molecule has 2 heterocycles. The van der Waals surface area contributed by atoms with Crippen LogP contribution in [0.5, 0.6) is 0 Å². The number of carbonyl (C=O) groups excluding carboxylic acids is 1. The van der Waals surface area contributed by atoms with Crippen molar-refractivity contribution in [1.29, 1.82) is 0 Å². The van der Waals surface area contributed by atoms with Gasteiger partial charge in [-0.3, -0.25) is 4.79 Å². The van der Waals surface area contributed by atoms with Crippen LogP contribution in [0.15, 0.2) is 36.0 Å². The number of aromatic nitrogens is 2. The zero-order chi connectivity index (χ0) is 14.1. The standard InChI is InChI=1S/C15H13N3OS/c1-9-7-20-15-13(9)14(16-8-17-15)11-3-5-12(6-4-11)18-10(2)19/h3-8H,1-2H3,(H,18,19). The first kappa shape index (κ1) is 12.7. The van der Waals surface area contributed by atoms with Crippen LogP contribution in [0.4, 0.5) is 5.69 Å². The lowest BCUT2D eigenvalue weighted by molar-refractivity contribution is -0.114. The molecule has 0 fully saturated rings. The highest BCUT2D eigenvalue weighted by Crippen LogP contribution is 2.32. The second-order valence-corrected chi connectivity index (χ2v) is 5.44. The number of hydrogen-bond acceptors (Lipinski definition) is 4. The third kappa shape index (κ3) is 2.28. The van der Waals surface area contributed by atoms with Crippen LogP contribution in [0.25, 0.3) is 21.5 Å². The number of benzene rings is 1. The maximum Gasteiger partial charge on any atom is 0.221 e. The average Bonchev–Trinajstić information content (AvgIpc) is 2.81. The number of aryl methyl sites for hydroxylation is 1. The SMILES string of the molecule is CC(=O)Nc1ccc(-c2ncnc3scc(C)c23)cc1. The van der Waals surface area contributed by atoms with E-state index in [0.717, 1.165) is 27.2 Å². The third-order valence-electron chi connectivity index (χ3n) is 3.03. The van der Waals surface area contributed by atoms with Gasteiger partial charge < -0.3 is 5.32 Å². The molecule has 1 aromatic carbocycles. The summed E-state index contributed by atoms with van der Waals surface area (Å²) in [5, 5.41) is 5.95. The van der Waals surface area contributed by atoms with E-state index in [0.29, 0.717) is 0 Å². The lowest BCUT2D eigenvalue weighted by Gasteiger charge is -2.06. The number of amides is 1. The van der Waals surface area contributed by atoms with Gasteiger partial charge in [-0.15, -0.1) is 11.3 Å². The molecule has 1 N–H and O–H groups in total. The van der Waals surface area contributed by atoms with Crippen molar-refractivity contribution in [1.82, 2.24) is 9.97 Å². The van der Waals surface area contributed by atoms with Crippen LogP contribution < -0.4 is 5.32 Å². The molecule has 0 saturated heterocycles. The molecule has 0 bridgehead atoms. The number of fused-ring (bicyclic) bond motifs is 1. The van der Waals surface area contributed by atoms with Crippen molar-refractivity contribution < 1.29 is 4.79 Å². The molecular weight excluding hydrogens is 270 g/mol. The fourth-order valence-electron chi connectivity index (χ4n) is 2.15. The Morgan fingerprint density at radius 1 is 1.20 bits per heavy atom. The molecule has 0 aliphatic carbocycles. The van der Waals surface area contributed by atoms with Gasteiger partial charge in [0.1, 0.15) is 11.2 Å². The monoisotopic (exact) mass is 283 g/mol. The molecule has 0 spiro atoms. The molecule has 100 valence electrons. The Bertz CT molecular complexity index is 777. The topological polar surface area (TPSA) is 54.9 Å². The van der Waals surface area contributed by atoms with Gasteiger partial charge in [0.15, 0.2) is 0 Å². The number of nitrogens with zero attached hydrogens (tertiary/aromatic N) is 2. The Kier molecular flexibility index (Phi) is 3.20. The number of carbonyl (C=O) groups is 1. The fourth-order valence-corrected chi connectivity index (χ4v) is 3.04. The smallest absolute Gasteiger partial charge is 0.221 e. The normalized spacial score (nSPS) is 10.7. The molecule has 0 aliphatic heterocycles. The molecule has 2 aromatic heterocycles. The van der Waals surface area contributed by atoms with Crippen molar-refractivity contribution in [2.45, 2.75) is 13.8 Å². The number of nitrogens with one attached hydrogen (secondary N) is 1. The minimum atomic E-state index is -0.0733. The van der Waals surface area contributed by atoms with Gasteiger partial charge in [0.05, 0.1) is 5.69 Å². The Labute approximate surface area is 120 Å². The van der Waals surface area contributed by atoms with Crippen LogP contribution >= 0.6 is 11.3 Å². The van der Waals surface area contributed by atoms with Crippen molar-refractivity contribution in [3.8, 4) is 11.3 Å². The average molecular weight is 283 g/mol. The molecule has 5 heteroatoms. The van der Waals surface area contributed by atoms with Crippen LogP contribution in [0, 0.1) is 6.92 Å². The van der Waals surface area contributed by atoms with Gasteiger partial charge in [-0.05, 0) is 30.0 Å². The van der Waals surface area contributed by atoms with Gasteiger partial charge in [0.25, 0.3) is 0 Å². The summed E-state index contributed by atoms with van der Waals surface area (Å²) in [5.41, 5.74) is 3.93. The maximum atomic E-state index is 11.0. The summed E-state index contributed by atoms with van der Waals surface area (Å²) in [6, 6.07) is 7.69. The van der Waals surface area contributed by atoms with Crippen LogP contribution in [-0.2, 0) is 4.79 Å². The largest absolute Gasteiger partial charge is 0.326 e. The molecule has 4 nitrogen and oxygen atoms in total. The third-order valence-corrected chi connectivity index (χ3v) is 4.04. The lowest BCUT2D eigenvalue weighted by Crippen LogP contribution is -2.05. The van der Waals surface area contributed by atoms with Crippen molar-refractivity contribution in [2.24, 2.45) is 0 Å². The first-order chi connectivity index (χ1) is 9.65. The molecular formula is C15H13N3OS. The summed E-state index contributed by atoms with van der Waals surface area (Å²) in [5.74, 6) is -0.0733. The Morgan fingerprint density at radius 2 is 1.95 bits per heavy atom. The molecule has 0 unspecified atom stereocenters. The van der Waals surface area contributed by atoms with Crippen molar-refractivity contribution >= 4 is 33.1 Å². The van der Waals surface area contributed by atoms with Crippen LogP contribution in [0.3, 0.4) is 0 Å². The number of anilines is 1. The van der Waals surface area contributed by atoms with Gasteiger partial charge in [0.2, 0.25) is 5.91 Å². The van der Waals surface area contributed by atoms with E-state index in [9.17, 15) is 4.79 Å². The summed E-state index contributed by atoms with van der Waals surface area (Å²) in [6.45, 7) is 3.56. The minimum absolute atomic E-state index is 0.0733. The Hall–Kier alpha value is -2.27. The van der Waals surface area contributed by atoms with E-state index in [-0.39, 0.29) is 5.91 Å². The minimum Gasteiger partial charge on any atom is -0.326 e. The summed E-state index contributed by atoms with van der Waals surface area (Å²) >= 11 is 1.63. The second-order valence-electron chi connectivity index (χ2n) is 4.58. The molecule has 20 heavy (non-hydrogen) atoms. The highest BCUT2D eigenvalue weighted by molar-refractivity contribution is 7.17. The fraction of sp³-hybridized carbons (Fsp3) is 0.133.